The molecule has 4 nitrogen and oxygen atoms in total. The Morgan fingerprint density at radius 1 is 1.00 bits per heavy atom. The maximum absolute atomic E-state index is 12.5. The van der Waals surface area contributed by atoms with Gasteiger partial charge in [0, 0.05) is 18.5 Å². The van der Waals surface area contributed by atoms with Crippen molar-refractivity contribution in [1.29, 1.82) is 0 Å². The van der Waals surface area contributed by atoms with Crippen LogP contribution in [0, 0.1) is 5.92 Å². The number of esters is 1. The summed E-state index contributed by atoms with van der Waals surface area (Å²) < 4.78 is 5.03. The van der Waals surface area contributed by atoms with Gasteiger partial charge in [0.1, 0.15) is 0 Å². The van der Waals surface area contributed by atoms with Gasteiger partial charge in [-0.3, -0.25) is 4.79 Å². The highest BCUT2D eigenvalue weighted by atomic mass is 16.5. The molecule has 3 rings (SSSR count). The predicted octanol–water partition coefficient (Wildman–Crippen LogP) is 3.83. The average Bonchev–Trinajstić information content (AvgIpc) is 2.69. The number of Topliss-reactive ketones (excluding diaryl/α,β-unsaturated/α-hetero) is 1. The Hall–Kier alpha value is -2.46. The summed E-state index contributed by atoms with van der Waals surface area (Å²) in [6, 6.07) is 17.1. The summed E-state index contributed by atoms with van der Waals surface area (Å²) in [5, 5.41) is 3.45. The second-order valence-electron chi connectivity index (χ2n) is 6.79. The molecule has 1 aliphatic rings. The van der Waals surface area contributed by atoms with Crippen LogP contribution in [0.15, 0.2) is 54.6 Å². The minimum absolute atomic E-state index is 0.204. The molecule has 4 heteroatoms. The second-order valence-corrected chi connectivity index (χ2v) is 6.79. The maximum Gasteiger partial charge on any atom is 0.338 e. The number of ketones is 1. The minimum atomic E-state index is -0.285. The van der Waals surface area contributed by atoms with E-state index < -0.39 is 0 Å². The molecule has 0 amide bonds. The molecule has 0 aliphatic carbocycles. The highest BCUT2D eigenvalue weighted by Gasteiger charge is 2.25. The van der Waals surface area contributed by atoms with Gasteiger partial charge in [0.2, 0.25) is 0 Å². The van der Waals surface area contributed by atoms with Gasteiger partial charge in [-0.15, -0.1) is 0 Å². The van der Waals surface area contributed by atoms with Crippen molar-refractivity contribution in [1.82, 2.24) is 5.32 Å². The molecule has 26 heavy (non-hydrogen) atoms. The maximum atomic E-state index is 12.5. The Morgan fingerprint density at radius 3 is 2.42 bits per heavy atom. The first-order valence-electron chi connectivity index (χ1n) is 9.23. The number of hydrogen-bond donors (Lipinski definition) is 1. The number of hydrogen-bond acceptors (Lipinski definition) is 4. The molecule has 0 spiro atoms. The van der Waals surface area contributed by atoms with Gasteiger partial charge < -0.3 is 10.1 Å². The van der Waals surface area contributed by atoms with Gasteiger partial charge >= 0.3 is 5.97 Å². The van der Waals surface area contributed by atoms with Gasteiger partial charge in [0.15, 0.2) is 5.78 Å². The monoisotopic (exact) mass is 351 g/mol. The molecular weight excluding hydrogens is 326 g/mol. The van der Waals surface area contributed by atoms with E-state index in [1.165, 1.54) is 5.56 Å². The lowest BCUT2D eigenvalue weighted by molar-refractivity contribution is 0.0526. The number of benzene rings is 2. The molecule has 1 fully saturated rings. The molecule has 2 aromatic rings. The van der Waals surface area contributed by atoms with Crippen LogP contribution in [0.25, 0.3) is 0 Å². The Balaban J connectivity index is 1.61. The SMILES string of the molecule is CCOC(=O)c1ccc(C2CNCC(CC(=O)c3ccccc3)C2)cc1. The first-order valence-corrected chi connectivity index (χ1v) is 9.23. The molecule has 1 aliphatic heterocycles. The lowest BCUT2D eigenvalue weighted by Crippen LogP contribution is -2.36. The standard InChI is InChI=1S/C22H25NO3/c1-2-26-22(25)19-10-8-17(9-11-19)20-12-16(14-23-15-20)13-21(24)18-6-4-3-5-7-18/h3-11,16,20,23H,2,12-15H2,1H3. The van der Waals surface area contributed by atoms with Crippen molar-refractivity contribution in [3.63, 3.8) is 0 Å². The van der Waals surface area contributed by atoms with E-state index in [4.69, 9.17) is 4.74 Å². The molecule has 2 atom stereocenters. The summed E-state index contributed by atoms with van der Waals surface area (Å²) in [4.78, 5) is 24.2. The molecule has 1 heterocycles. The van der Waals surface area contributed by atoms with Gasteiger partial charge in [0.25, 0.3) is 0 Å². The van der Waals surface area contributed by atoms with Crippen molar-refractivity contribution < 1.29 is 14.3 Å². The zero-order valence-electron chi connectivity index (χ0n) is 15.1. The van der Waals surface area contributed by atoms with Crippen LogP contribution in [-0.4, -0.2) is 31.4 Å². The van der Waals surface area contributed by atoms with E-state index in [2.05, 4.69) is 5.32 Å². The number of carbonyl (C=O) groups is 2. The predicted molar refractivity (Wildman–Crippen MR) is 102 cm³/mol. The third kappa shape index (κ3) is 4.58. The number of carbonyl (C=O) groups excluding carboxylic acids is 2. The Bertz CT molecular complexity index is 740. The first kappa shape index (κ1) is 18.3. The first-order chi connectivity index (χ1) is 12.7. The van der Waals surface area contributed by atoms with Crippen molar-refractivity contribution in [2.24, 2.45) is 5.92 Å². The summed E-state index contributed by atoms with van der Waals surface area (Å²) in [6.45, 7) is 3.95. The van der Waals surface area contributed by atoms with Crippen LogP contribution in [0.2, 0.25) is 0 Å². The van der Waals surface area contributed by atoms with E-state index in [9.17, 15) is 9.59 Å². The van der Waals surface area contributed by atoms with Crippen LogP contribution >= 0.6 is 0 Å². The van der Waals surface area contributed by atoms with Crippen LogP contribution in [0.4, 0.5) is 0 Å². The zero-order chi connectivity index (χ0) is 18.4. The number of piperidine rings is 1. The minimum Gasteiger partial charge on any atom is -0.462 e. The Morgan fingerprint density at radius 2 is 1.73 bits per heavy atom. The van der Waals surface area contributed by atoms with Gasteiger partial charge in [-0.25, -0.2) is 4.79 Å². The van der Waals surface area contributed by atoms with Gasteiger partial charge in [-0.05, 0) is 49.4 Å². The van der Waals surface area contributed by atoms with Crippen molar-refractivity contribution >= 4 is 11.8 Å². The van der Waals surface area contributed by atoms with Crippen molar-refractivity contribution in [2.45, 2.75) is 25.7 Å². The lowest BCUT2D eigenvalue weighted by atomic mass is 9.82. The topological polar surface area (TPSA) is 55.4 Å². The van der Waals surface area contributed by atoms with E-state index >= 15 is 0 Å². The van der Waals surface area contributed by atoms with Crippen LogP contribution in [-0.2, 0) is 4.74 Å². The van der Waals surface area contributed by atoms with E-state index in [0.717, 1.165) is 25.1 Å². The quantitative estimate of drug-likeness (QED) is 0.635. The van der Waals surface area contributed by atoms with E-state index in [1.807, 2.05) is 54.6 Å². The van der Waals surface area contributed by atoms with Crippen LogP contribution < -0.4 is 5.32 Å². The third-order valence-electron chi connectivity index (χ3n) is 4.90. The fourth-order valence-electron chi connectivity index (χ4n) is 3.55. The highest BCUT2D eigenvalue weighted by Crippen LogP contribution is 2.29. The van der Waals surface area contributed by atoms with Crippen LogP contribution in [0.5, 0.6) is 0 Å². The van der Waals surface area contributed by atoms with Crippen molar-refractivity contribution in [3.05, 3.63) is 71.3 Å². The van der Waals surface area contributed by atoms with Crippen LogP contribution in [0.3, 0.4) is 0 Å². The fourth-order valence-corrected chi connectivity index (χ4v) is 3.55. The van der Waals surface area contributed by atoms with Gasteiger partial charge in [0.05, 0.1) is 12.2 Å². The molecule has 1 N–H and O–H groups in total. The van der Waals surface area contributed by atoms with Gasteiger partial charge in [-0.2, -0.15) is 0 Å². The van der Waals surface area contributed by atoms with Crippen LogP contribution in [0.1, 0.15) is 52.0 Å². The van der Waals surface area contributed by atoms with Gasteiger partial charge in [-0.1, -0.05) is 42.5 Å². The van der Waals surface area contributed by atoms with Crippen molar-refractivity contribution in [2.75, 3.05) is 19.7 Å². The average molecular weight is 351 g/mol. The van der Waals surface area contributed by atoms with E-state index in [-0.39, 0.29) is 11.8 Å². The molecule has 0 bridgehead atoms. The second kappa shape index (κ2) is 8.77. The zero-order valence-corrected chi connectivity index (χ0v) is 15.1. The lowest BCUT2D eigenvalue weighted by Gasteiger charge is -2.30. The number of ether oxygens (including phenoxy) is 1. The number of nitrogens with one attached hydrogen (secondary N) is 1. The largest absolute Gasteiger partial charge is 0.462 e. The molecular formula is C22H25NO3. The number of rotatable bonds is 6. The van der Waals surface area contributed by atoms with E-state index in [0.29, 0.717) is 30.4 Å². The Kier molecular flexibility index (Phi) is 6.18. The molecule has 136 valence electrons. The van der Waals surface area contributed by atoms with E-state index in [1.54, 1.807) is 6.92 Å². The van der Waals surface area contributed by atoms with Crippen molar-refractivity contribution in [3.8, 4) is 0 Å². The summed E-state index contributed by atoms with van der Waals surface area (Å²) in [7, 11) is 0. The molecule has 2 aromatic carbocycles. The molecule has 1 saturated heterocycles. The summed E-state index contributed by atoms with van der Waals surface area (Å²) in [5.74, 6) is 0.600. The highest BCUT2D eigenvalue weighted by molar-refractivity contribution is 5.96. The summed E-state index contributed by atoms with van der Waals surface area (Å²) >= 11 is 0. The smallest absolute Gasteiger partial charge is 0.338 e. The Labute approximate surface area is 154 Å². The molecule has 0 saturated carbocycles. The fraction of sp³-hybridized carbons (Fsp3) is 0.364. The summed E-state index contributed by atoms with van der Waals surface area (Å²) in [6.07, 6.45) is 1.54. The molecule has 2 unspecified atom stereocenters. The molecule has 0 aromatic heterocycles. The molecule has 0 radical (unpaired) electrons. The third-order valence-corrected chi connectivity index (χ3v) is 4.90. The normalized spacial score (nSPS) is 19.7. The summed E-state index contributed by atoms with van der Waals surface area (Å²) in [5.41, 5.74) is 2.56.